The van der Waals surface area contributed by atoms with Gasteiger partial charge in [0.1, 0.15) is 18.8 Å². The lowest BCUT2D eigenvalue weighted by molar-refractivity contribution is -0.154. The highest BCUT2D eigenvalue weighted by molar-refractivity contribution is 5.87. The maximum Gasteiger partial charge on any atom is 0.330 e. The zero-order valence-corrected chi connectivity index (χ0v) is 15.6. The van der Waals surface area contributed by atoms with Crippen molar-refractivity contribution in [3.05, 3.63) is 29.8 Å². The van der Waals surface area contributed by atoms with Crippen LogP contribution in [0.1, 0.15) is 45.6 Å². The fourth-order valence-electron chi connectivity index (χ4n) is 2.31. The van der Waals surface area contributed by atoms with Gasteiger partial charge in [0.25, 0.3) is 0 Å². The molecule has 1 aliphatic heterocycles. The lowest BCUT2D eigenvalue weighted by Crippen LogP contribution is -2.23. The Bertz CT molecular complexity index is 657. The Kier molecular flexibility index (Phi) is 7.06. The lowest BCUT2D eigenvalue weighted by atomic mass is 10.2. The second-order valence-electron chi connectivity index (χ2n) is 6.95. The van der Waals surface area contributed by atoms with Crippen LogP contribution in [0.15, 0.2) is 24.3 Å². The maximum absolute atomic E-state index is 11.7. The molecule has 0 saturated heterocycles. The fraction of sp³-hybridized carbons (Fsp3) is 0.500. The smallest absolute Gasteiger partial charge is 0.330 e. The summed E-state index contributed by atoms with van der Waals surface area (Å²) in [5.74, 6) is 0.731. The number of carbonyl (C=O) groups excluding carboxylic acids is 2. The standard InChI is InChI=1S/C20H26O6/c1-20(2,3)26-19(22)6-4-5-11-25-18(21)10-8-15-7-9-16-17(14-15)24-13-12-23-16/h7-10,14H,4-6,11-13H2,1-3H3/b10-8+. The van der Waals surface area contributed by atoms with Gasteiger partial charge in [0.15, 0.2) is 11.5 Å². The first-order valence-corrected chi connectivity index (χ1v) is 8.80. The first-order chi connectivity index (χ1) is 12.3. The molecule has 1 heterocycles. The van der Waals surface area contributed by atoms with Crippen molar-refractivity contribution < 1.29 is 28.5 Å². The van der Waals surface area contributed by atoms with Gasteiger partial charge in [-0.3, -0.25) is 4.79 Å². The van der Waals surface area contributed by atoms with Gasteiger partial charge in [0, 0.05) is 12.5 Å². The van der Waals surface area contributed by atoms with E-state index in [-0.39, 0.29) is 12.6 Å². The summed E-state index contributed by atoms with van der Waals surface area (Å²) in [6.45, 7) is 6.84. The number of ether oxygens (including phenoxy) is 4. The summed E-state index contributed by atoms with van der Waals surface area (Å²) >= 11 is 0. The minimum atomic E-state index is -0.470. The average molecular weight is 362 g/mol. The molecule has 0 bridgehead atoms. The highest BCUT2D eigenvalue weighted by atomic mass is 16.6. The third-order valence-electron chi connectivity index (χ3n) is 3.42. The van der Waals surface area contributed by atoms with E-state index in [1.807, 2.05) is 39.0 Å². The molecule has 0 aliphatic carbocycles. The van der Waals surface area contributed by atoms with Gasteiger partial charge in [-0.2, -0.15) is 0 Å². The summed E-state index contributed by atoms with van der Waals surface area (Å²) < 4.78 is 21.3. The van der Waals surface area contributed by atoms with Gasteiger partial charge in [-0.05, 0) is 57.4 Å². The molecule has 26 heavy (non-hydrogen) atoms. The summed E-state index contributed by atoms with van der Waals surface area (Å²) in [5.41, 5.74) is 0.360. The number of hydrogen-bond donors (Lipinski definition) is 0. The molecule has 0 N–H and O–H groups in total. The molecule has 0 amide bonds. The molecule has 0 atom stereocenters. The van der Waals surface area contributed by atoms with E-state index < -0.39 is 11.6 Å². The van der Waals surface area contributed by atoms with Gasteiger partial charge in [0.05, 0.1) is 6.61 Å². The highest BCUT2D eigenvalue weighted by Gasteiger charge is 2.15. The lowest BCUT2D eigenvalue weighted by Gasteiger charge is -2.19. The van der Waals surface area contributed by atoms with Crippen LogP contribution in [-0.4, -0.2) is 37.4 Å². The molecule has 0 saturated carbocycles. The van der Waals surface area contributed by atoms with Crippen LogP contribution in [0.25, 0.3) is 6.08 Å². The number of hydrogen-bond acceptors (Lipinski definition) is 6. The molecule has 2 rings (SSSR count). The van der Waals surface area contributed by atoms with Crippen molar-refractivity contribution in [3.63, 3.8) is 0 Å². The van der Waals surface area contributed by atoms with Crippen molar-refractivity contribution in [3.8, 4) is 11.5 Å². The van der Waals surface area contributed by atoms with Crippen LogP contribution < -0.4 is 9.47 Å². The number of fused-ring (bicyclic) bond motifs is 1. The fourth-order valence-corrected chi connectivity index (χ4v) is 2.31. The van der Waals surface area contributed by atoms with Crippen LogP contribution in [0.5, 0.6) is 11.5 Å². The number of benzene rings is 1. The van der Waals surface area contributed by atoms with E-state index in [4.69, 9.17) is 18.9 Å². The van der Waals surface area contributed by atoms with Gasteiger partial charge < -0.3 is 18.9 Å². The van der Waals surface area contributed by atoms with Crippen LogP contribution in [0.3, 0.4) is 0 Å². The molecule has 1 aromatic carbocycles. The van der Waals surface area contributed by atoms with Crippen LogP contribution in [0.2, 0.25) is 0 Å². The van der Waals surface area contributed by atoms with E-state index >= 15 is 0 Å². The quantitative estimate of drug-likeness (QED) is 0.420. The molecule has 0 unspecified atom stereocenters. The molecule has 142 valence electrons. The Balaban J connectivity index is 1.66. The Morgan fingerprint density at radius 2 is 1.85 bits per heavy atom. The largest absolute Gasteiger partial charge is 0.486 e. The van der Waals surface area contributed by atoms with Gasteiger partial charge in [-0.25, -0.2) is 4.79 Å². The van der Waals surface area contributed by atoms with Gasteiger partial charge >= 0.3 is 11.9 Å². The predicted octanol–water partition coefficient (Wildman–Crippen LogP) is 3.53. The molecule has 0 aromatic heterocycles. The molecule has 6 nitrogen and oxygen atoms in total. The summed E-state index contributed by atoms with van der Waals surface area (Å²) in [5, 5.41) is 0. The molecule has 6 heteroatoms. The minimum Gasteiger partial charge on any atom is -0.486 e. The number of unbranched alkanes of at least 4 members (excludes halogenated alkanes) is 1. The number of esters is 2. The predicted molar refractivity (Wildman–Crippen MR) is 97.1 cm³/mol. The van der Waals surface area contributed by atoms with Crippen molar-refractivity contribution in [2.24, 2.45) is 0 Å². The van der Waals surface area contributed by atoms with Crippen molar-refractivity contribution in [2.45, 2.75) is 45.6 Å². The molecule has 1 aliphatic rings. The molecule has 1 aromatic rings. The highest BCUT2D eigenvalue weighted by Crippen LogP contribution is 2.31. The van der Waals surface area contributed by atoms with Gasteiger partial charge in [-0.1, -0.05) is 6.07 Å². The maximum atomic E-state index is 11.7. The van der Waals surface area contributed by atoms with E-state index in [0.29, 0.717) is 44.0 Å². The van der Waals surface area contributed by atoms with E-state index in [9.17, 15) is 9.59 Å². The second-order valence-corrected chi connectivity index (χ2v) is 6.95. The first-order valence-electron chi connectivity index (χ1n) is 8.80. The first kappa shape index (κ1) is 19.8. The van der Waals surface area contributed by atoms with Gasteiger partial charge in [-0.15, -0.1) is 0 Å². The summed E-state index contributed by atoms with van der Waals surface area (Å²) in [6, 6.07) is 5.48. The van der Waals surface area contributed by atoms with Crippen LogP contribution in [0.4, 0.5) is 0 Å². The van der Waals surface area contributed by atoms with Crippen molar-refractivity contribution in [1.82, 2.24) is 0 Å². The summed E-state index contributed by atoms with van der Waals surface area (Å²) in [6.07, 6.45) is 4.60. The van der Waals surface area contributed by atoms with Crippen LogP contribution in [0, 0.1) is 0 Å². The van der Waals surface area contributed by atoms with Crippen molar-refractivity contribution in [1.29, 1.82) is 0 Å². The molecular weight excluding hydrogens is 336 g/mol. The zero-order chi connectivity index (χ0) is 19.0. The summed E-state index contributed by atoms with van der Waals surface area (Å²) in [4.78, 5) is 23.3. The number of carbonyl (C=O) groups is 2. The number of rotatable bonds is 7. The third-order valence-corrected chi connectivity index (χ3v) is 3.42. The van der Waals surface area contributed by atoms with Crippen LogP contribution in [-0.2, 0) is 19.1 Å². The van der Waals surface area contributed by atoms with E-state index in [1.54, 1.807) is 6.08 Å². The third kappa shape index (κ3) is 7.17. The van der Waals surface area contributed by atoms with E-state index in [2.05, 4.69) is 0 Å². The Morgan fingerprint density at radius 3 is 2.58 bits per heavy atom. The molecule has 0 spiro atoms. The summed E-state index contributed by atoms with van der Waals surface area (Å²) in [7, 11) is 0. The minimum absolute atomic E-state index is 0.234. The average Bonchev–Trinajstić information content (AvgIpc) is 2.58. The SMILES string of the molecule is CC(C)(C)OC(=O)CCCCOC(=O)/C=C/c1ccc2c(c1)OCCO2. The zero-order valence-electron chi connectivity index (χ0n) is 15.6. The normalized spacial score (nSPS) is 13.5. The van der Waals surface area contributed by atoms with Crippen molar-refractivity contribution >= 4 is 18.0 Å². The molecule has 0 fully saturated rings. The van der Waals surface area contributed by atoms with Gasteiger partial charge in [0.2, 0.25) is 0 Å². The Hall–Kier alpha value is -2.50. The monoisotopic (exact) mass is 362 g/mol. The van der Waals surface area contributed by atoms with E-state index in [1.165, 1.54) is 6.08 Å². The Morgan fingerprint density at radius 1 is 1.12 bits per heavy atom. The topological polar surface area (TPSA) is 71.1 Å². The van der Waals surface area contributed by atoms with Crippen molar-refractivity contribution in [2.75, 3.05) is 19.8 Å². The Labute approximate surface area is 154 Å². The second kappa shape index (κ2) is 9.27. The van der Waals surface area contributed by atoms with E-state index in [0.717, 1.165) is 5.56 Å². The molecule has 0 radical (unpaired) electrons. The molecular formula is C20H26O6. The van der Waals surface area contributed by atoms with Crippen LogP contribution >= 0.6 is 0 Å².